The highest BCUT2D eigenvalue weighted by Crippen LogP contribution is 2.33. The van der Waals surface area contributed by atoms with Crippen LogP contribution >= 0.6 is 23.2 Å². The molecule has 0 spiro atoms. The van der Waals surface area contributed by atoms with Gasteiger partial charge in [0.05, 0.1) is 17.5 Å². The van der Waals surface area contributed by atoms with Crippen LogP contribution in [0.4, 0.5) is 5.69 Å². The van der Waals surface area contributed by atoms with Crippen LogP contribution in [0.2, 0.25) is 10.0 Å². The molecular formula is C26H21Cl2NO5. The van der Waals surface area contributed by atoms with Crippen molar-refractivity contribution < 1.29 is 18.7 Å². The number of fused-ring (bicyclic) bond motifs is 1. The molecule has 3 aromatic carbocycles. The summed E-state index contributed by atoms with van der Waals surface area (Å²) in [5.74, 6) is 0.234. The van der Waals surface area contributed by atoms with Crippen LogP contribution in [0.25, 0.3) is 22.3 Å². The van der Waals surface area contributed by atoms with Crippen LogP contribution in [-0.4, -0.2) is 19.1 Å². The molecule has 1 atom stereocenters. The average molecular weight is 498 g/mol. The molecule has 1 amide bonds. The van der Waals surface area contributed by atoms with Crippen LogP contribution in [0, 0.1) is 0 Å². The van der Waals surface area contributed by atoms with Crippen LogP contribution in [-0.2, 0) is 4.79 Å². The van der Waals surface area contributed by atoms with Gasteiger partial charge in [0.25, 0.3) is 5.91 Å². The standard InChI is InChI=1S/C26H21Cl2NO5/c1-3-20(26(31)29-17-12-13-22(32-2)19(28)14-17)33-25-23(30)18-6-4-5-7-21(18)34-24(25)15-8-10-16(27)11-9-15/h4-14,20H,3H2,1-2H3,(H,29,31). The van der Waals surface area contributed by atoms with Crippen molar-refractivity contribution in [2.45, 2.75) is 19.4 Å². The summed E-state index contributed by atoms with van der Waals surface area (Å²) >= 11 is 12.2. The predicted molar refractivity (Wildman–Crippen MR) is 134 cm³/mol. The lowest BCUT2D eigenvalue weighted by Crippen LogP contribution is -2.34. The lowest BCUT2D eigenvalue weighted by Gasteiger charge is -2.19. The Kier molecular flexibility index (Phi) is 7.10. The van der Waals surface area contributed by atoms with Crippen molar-refractivity contribution in [2.24, 2.45) is 0 Å². The Balaban J connectivity index is 1.71. The Morgan fingerprint density at radius 2 is 1.79 bits per heavy atom. The lowest BCUT2D eigenvalue weighted by atomic mass is 10.1. The van der Waals surface area contributed by atoms with Gasteiger partial charge in [0, 0.05) is 16.3 Å². The van der Waals surface area contributed by atoms with Crippen molar-refractivity contribution in [3.05, 3.63) is 87.0 Å². The Bertz CT molecular complexity index is 1400. The first-order valence-electron chi connectivity index (χ1n) is 10.5. The van der Waals surface area contributed by atoms with Gasteiger partial charge in [0.1, 0.15) is 11.3 Å². The second-order valence-electron chi connectivity index (χ2n) is 7.45. The molecule has 1 N–H and O–H groups in total. The molecule has 0 aliphatic heterocycles. The molecule has 4 aromatic rings. The third-order valence-corrected chi connectivity index (χ3v) is 5.75. The normalized spacial score (nSPS) is 11.8. The van der Waals surface area contributed by atoms with Crippen LogP contribution in [0.3, 0.4) is 0 Å². The average Bonchev–Trinajstić information content (AvgIpc) is 2.84. The van der Waals surface area contributed by atoms with Crippen molar-refractivity contribution >= 4 is 45.8 Å². The van der Waals surface area contributed by atoms with Crippen LogP contribution < -0.4 is 20.2 Å². The smallest absolute Gasteiger partial charge is 0.265 e. The molecule has 1 unspecified atom stereocenters. The summed E-state index contributed by atoms with van der Waals surface area (Å²) in [7, 11) is 1.51. The van der Waals surface area contributed by atoms with E-state index in [0.29, 0.717) is 44.4 Å². The van der Waals surface area contributed by atoms with Gasteiger partial charge in [0.15, 0.2) is 11.9 Å². The van der Waals surface area contributed by atoms with E-state index in [1.165, 1.54) is 7.11 Å². The number of halogens is 2. The van der Waals surface area contributed by atoms with Crippen molar-refractivity contribution in [3.8, 4) is 22.8 Å². The number of rotatable bonds is 7. The van der Waals surface area contributed by atoms with E-state index in [-0.39, 0.29) is 16.9 Å². The van der Waals surface area contributed by atoms with Crippen LogP contribution in [0.1, 0.15) is 13.3 Å². The van der Waals surface area contributed by atoms with E-state index in [4.69, 9.17) is 37.1 Å². The SMILES string of the molecule is CCC(Oc1c(-c2ccc(Cl)cc2)oc2ccccc2c1=O)C(=O)Nc1ccc(OC)c(Cl)c1. The van der Waals surface area contributed by atoms with E-state index in [1.807, 2.05) is 0 Å². The zero-order valence-corrected chi connectivity index (χ0v) is 19.9. The molecule has 1 aromatic heterocycles. The van der Waals surface area contributed by atoms with E-state index in [2.05, 4.69) is 5.32 Å². The molecule has 0 bridgehead atoms. The molecule has 0 radical (unpaired) electrons. The highest BCUT2D eigenvalue weighted by Gasteiger charge is 2.25. The minimum atomic E-state index is -0.962. The predicted octanol–water partition coefficient (Wildman–Crippen LogP) is 6.57. The zero-order chi connectivity index (χ0) is 24.2. The summed E-state index contributed by atoms with van der Waals surface area (Å²) < 4.78 is 17.2. The molecule has 4 rings (SSSR count). The molecule has 0 aliphatic rings. The molecule has 8 heteroatoms. The third-order valence-electron chi connectivity index (χ3n) is 5.21. The van der Waals surface area contributed by atoms with Gasteiger partial charge in [-0.25, -0.2) is 0 Å². The quantitative estimate of drug-likeness (QED) is 0.312. The van der Waals surface area contributed by atoms with Crippen LogP contribution in [0.5, 0.6) is 11.5 Å². The van der Waals surface area contributed by atoms with Gasteiger partial charge >= 0.3 is 0 Å². The summed E-state index contributed by atoms with van der Waals surface area (Å²) in [6, 6.07) is 18.6. The number of anilines is 1. The lowest BCUT2D eigenvalue weighted by molar-refractivity contribution is -0.122. The second-order valence-corrected chi connectivity index (χ2v) is 8.29. The number of para-hydroxylation sites is 1. The highest BCUT2D eigenvalue weighted by atomic mass is 35.5. The topological polar surface area (TPSA) is 77.8 Å². The van der Waals surface area contributed by atoms with Gasteiger partial charge in [-0.1, -0.05) is 42.3 Å². The van der Waals surface area contributed by atoms with Crippen LogP contribution in [0.15, 0.2) is 75.9 Å². The van der Waals surface area contributed by atoms with Crippen molar-refractivity contribution in [2.75, 3.05) is 12.4 Å². The zero-order valence-electron chi connectivity index (χ0n) is 18.4. The largest absolute Gasteiger partial charge is 0.495 e. The van der Waals surface area contributed by atoms with E-state index < -0.39 is 12.0 Å². The number of amides is 1. The Morgan fingerprint density at radius 1 is 1.06 bits per heavy atom. The number of ether oxygens (including phenoxy) is 2. The Morgan fingerprint density at radius 3 is 2.47 bits per heavy atom. The second kappa shape index (κ2) is 10.2. The van der Waals surface area contributed by atoms with E-state index in [1.54, 1.807) is 73.7 Å². The van der Waals surface area contributed by atoms with E-state index >= 15 is 0 Å². The fourth-order valence-electron chi connectivity index (χ4n) is 3.45. The molecular weight excluding hydrogens is 477 g/mol. The van der Waals surface area contributed by atoms with Gasteiger partial charge in [0.2, 0.25) is 11.2 Å². The minimum absolute atomic E-state index is 0.0456. The maximum absolute atomic E-state index is 13.4. The Labute approximate surface area is 206 Å². The number of carbonyl (C=O) groups excluding carboxylic acids is 1. The van der Waals surface area contributed by atoms with Crippen molar-refractivity contribution in [1.82, 2.24) is 0 Å². The molecule has 6 nitrogen and oxygen atoms in total. The fourth-order valence-corrected chi connectivity index (χ4v) is 3.84. The number of hydrogen-bond donors (Lipinski definition) is 1. The molecule has 0 saturated carbocycles. The Hall–Kier alpha value is -3.48. The molecule has 1 heterocycles. The molecule has 0 saturated heterocycles. The summed E-state index contributed by atoms with van der Waals surface area (Å²) in [6.07, 6.45) is -0.654. The number of benzene rings is 3. The number of carbonyl (C=O) groups is 1. The minimum Gasteiger partial charge on any atom is -0.495 e. The first-order valence-corrected chi connectivity index (χ1v) is 11.3. The van der Waals surface area contributed by atoms with Gasteiger partial charge in [-0.3, -0.25) is 9.59 Å². The van der Waals surface area contributed by atoms with Crippen molar-refractivity contribution in [3.63, 3.8) is 0 Å². The van der Waals surface area contributed by atoms with Gasteiger partial charge < -0.3 is 19.2 Å². The molecule has 0 fully saturated rings. The number of hydrogen-bond acceptors (Lipinski definition) is 5. The first-order chi connectivity index (χ1) is 16.4. The summed E-state index contributed by atoms with van der Waals surface area (Å²) in [4.78, 5) is 26.4. The molecule has 0 aliphatic carbocycles. The third kappa shape index (κ3) is 4.88. The molecule has 34 heavy (non-hydrogen) atoms. The van der Waals surface area contributed by atoms with E-state index in [9.17, 15) is 9.59 Å². The van der Waals surface area contributed by atoms with Gasteiger partial charge in [-0.15, -0.1) is 0 Å². The summed E-state index contributed by atoms with van der Waals surface area (Å²) in [5, 5.41) is 4.02. The summed E-state index contributed by atoms with van der Waals surface area (Å²) in [6.45, 7) is 1.79. The highest BCUT2D eigenvalue weighted by molar-refractivity contribution is 6.32. The monoisotopic (exact) mass is 497 g/mol. The van der Waals surface area contributed by atoms with Crippen molar-refractivity contribution in [1.29, 1.82) is 0 Å². The number of nitrogens with one attached hydrogen (secondary N) is 1. The van der Waals surface area contributed by atoms with Gasteiger partial charge in [-0.2, -0.15) is 0 Å². The fraction of sp³-hybridized carbons (Fsp3) is 0.154. The maximum atomic E-state index is 13.4. The van der Waals surface area contributed by atoms with Gasteiger partial charge in [-0.05, 0) is 61.0 Å². The maximum Gasteiger partial charge on any atom is 0.265 e. The molecule has 174 valence electrons. The first kappa shape index (κ1) is 23.7. The van der Waals surface area contributed by atoms with E-state index in [0.717, 1.165) is 0 Å². The number of methoxy groups -OCH3 is 1. The summed E-state index contributed by atoms with van der Waals surface area (Å²) in [5.41, 5.74) is 1.11.